The molecule has 1 aromatic carbocycles. The van der Waals surface area contributed by atoms with E-state index in [4.69, 9.17) is 27.6 Å². The molecule has 2 rings (SSSR count). The van der Waals surface area contributed by atoms with Crippen LogP contribution in [0.4, 0.5) is 0 Å². The van der Waals surface area contributed by atoms with E-state index >= 15 is 0 Å². The van der Waals surface area contributed by atoms with Gasteiger partial charge in [0.15, 0.2) is 0 Å². The van der Waals surface area contributed by atoms with Gasteiger partial charge < -0.3 is 4.42 Å². The Bertz CT molecular complexity index is 476. The monoisotopic (exact) mass is 254 g/mol. The predicted octanol–water partition coefficient (Wildman–Crippen LogP) is 4.76. The summed E-state index contributed by atoms with van der Waals surface area (Å²) in [6.07, 6.45) is 2.46. The maximum Gasteiger partial charge on any atom is 0.101 e. The molecule has 0 N–H and O–H groups in total. The fourth-order valence-electron chi connectivity index (χ4n) is 1.62. The van der Waals surface area contributed by atoms with E-state index in [9.17, 15) is 0 Å². The second kappa shape index (κ2) is 4.94. The average molecular weight is 255 g/mol. The van der Waals surface area contributed by atoms with Gasteiger partial charge in [0.1, 0.15) is 5.76 Å². The van der Waals surface area contributed by atoms with Crippen molar-refractivity contribution in [3.8, 4) is 0 Å². The van der Waals surface area contributed by atoms with E-state index in [0.29, 0.717) is 0 Å². The van der Waals surface area contributed by atoms with E-state index in [0.717, 1.165) is 28.3 Å². The molecule has 0 spiro atoms. The van der Waals surface area contributed by atoms with E-state index in [2.05, 4.69) is 0 Å². The van der Waals surface area contributed by atoms with E-state index in [-0.39, 0.29) is 5.38 Å². The second-order valence-corrected chi connectivity index (χ2v) is 4.76. The number of aryl methyl sites for hydroxylation is 1. The van der Waals surface area contributed by atoms with Crippen LogP contribution in [-0.4, -0.2) is 0 Å². The van der Waals surface area contributed by atoms with Crippen molar-refractivity contribution in [3.05, 3.63) is 58.5 Å². The highest BCUT2D eigenvalue weighted by molar-refractivity contribution is 6.30. The van der Waals surface area contributed by atoms with Gasteiger partial charge in [0.25, 0.3) is 0 Å². The van der Waals surface area contributed by atoms with Crippen molar-refractivity contribution < 1.29 is 4.42 Å². The van der Waals surface area contributed by atoms with Crippen LogP contribution in [0.15, 0.2) is 41.0 Å². The number of halogens is 2. The number of alkyl halides is 1. The maximum atomic E-state index is 6.30. The molecule has 1 nitrogen and oxygen atoms in total. The lowest BCUT2D eigenvalue weighted by molar-refractivity contribution is 0.531. The van der Waals surface area contributed by atoms with Crippen LogP contribution in [0, 0.1) is 6.92 Å². The summed E-state index contributed by atoms with van der Waals surface area (Å²) in [6.45, 7) is 1.91. The van der Waals surface area contributed by atoms with Crippen LogP contribution < -0.4 is 0 Å². The molecule has 0 saturated carbocycles. The molecule has 0 bridgehead atoms. The van der Waals surface area contributed by atoms with Gasteiger partial charge in [-0.2, -0.15) is 0 Å². The first kappa shape index (κ1) is 11.6. The van der Waals surface area contributed by atoms with Crippen molar-refractivity contribution in [1.29, 1.82) is 0 Å². The van der Waals surface area contributed by atoms with Crippen molar-refractivity contribution in [1.82, 2.24) is 0 Å². The largest absolute Gasteiger partial charge is 0.469 e. The fraction of sp³-hybridized carbons (Fsp3) is 0.231. The van der Waals surface area contributed by atoms with Crippen molar-refractivity contribution >= 4 is 23.2 Å². The van der Waals surface area contributed by atoms with Crippen molar-refractivity contribution in [2.75, 3.05) is 0 Å². The Hall–Kier alpha value is -0.920. The quantitative estimate of drug-likeness (QED) is 0.720. The zero-order valence-electron chi connectivity index (χ0n) is 8.91. The minimum atomic E-state index is -0.0732. The molecule has 0 aliphatic carbocycles. The van der Waals surface area contributed by atoms with Crippen molar-refractivity contribution in [3.63, 3.8) is 0 Å². The first-order valence-electron chi connectivity index (χ1n) is 5.08. The number of hydrogen-bond donors (Lipinski definition) is 0. The van der Waals surface area contributed by atoms with Crippen molar-refractivity contribution in [2.45, 2.75) is 18.7 Å². The van der Waals surface area contributed by atoms with Gasteiger partial charge in [-0.1, -0.05) is 23.7 Å². The van der Waals surface area contributed by atoms with Gasteiger partial charge in [0.2, 0.25) is 0 Å². The molecule has 16 heavy (non-hydrogen) atoms. The minimum absolute atomic E-state index is 0.0732. The molecular formula is C13H12Cl2O. The number of furan rings is 1. The van der Waals surface area contributed by atoms with Crippen LogP contribution in [0.1, 0.15) is 22.3 Å². The summed E-state index contributed by atoms with van der Waals surface area (Å²) in [5.74, 6) is 0.881. The first-order valence-corrected chi connectivity index (χ1v) is 5.90. The summed E-state index contributed by atoms with van der Waals surface area (Å²) in [4.78, 5) is 0. The third-order valence-corrected chi connectivity index (χ3v) is 3.06. The standard InChI is InChI=1S/C13H12Cl2O/c1-9-5-11(8-16-9)13(15)7-10-3-2-4-12(14)6-10/h2-6,8,13H,7H2,1H3. The molecule has 3 heteroatoms. The Morgan fingerprint density at radius 1 is 1.31 bits per heavy atom. The van der Waals surface area contributed by atoms with Gasteiger partial charge in [-0.25, -0.2) is 0 Å². The van der Waals surface area contributed by atoms with Crippen LogP contribution in [0.3, 0.4) is 0 Å². The third kappa shape index (κ3) is 2.81. The second-order valence-electron chi connectivity index (χ2n) is 3.79. The Morgan fingerprint density at radius 3 is 2.75 bits per heavy atom. The Labute approximate surface area is 105 Å². The van der Waals surface area contributed by atoms with E-state index in [1.54, 1.807) is 6.26 Å². The molecule has 0 aliphatic heterocycles. The summed E-state index contributed by atoms with van der Waals surface area (Å²) in [5, 5.41) is 0.667. The van der Waals surface area contributed by atoms with Gasteiger partial charge in [0, 0.05) is 10.6 Å². The molecule has 1 heterocycles. The van der Waals surface area contributed by atoms with Crippen LogP contribution in [0.5, 0.6) is 0 Å². The molecule has 0 aliphatic rings. The molecule has 0 amide bonds. The van der Waals surface area contributed by atoms with E-state index in [1.165, 1.54) is 0 Å². The van der Waals surface area contributed by atoms with Crippen LogP contribution >= 0.6 is 23.2 Å². The third-order valence-electron chi connectivity index (χ3n) is 2.42. The summed E-state index contributed by atoms with van der Waals surface area (Å²) in [6, 6.07) is 9.71. The highest BCUT2D eigenvalue weighted by Gasteiger charge is 2.11. The first-order chi connectivity index (χ1) is 7.65. The van der Waals surface area contributed by atoms with Gasteiger partial charge in [0.05, 0.1) is 11.6 Å². The Kier molecular flexibility index (Phi) is 3.57. The number of hydrogen-bond acceptors (Lipinski definition) is 1. The van der Waals surface area contributed by atoms with Crippen LogP contribution in [0.2, 0.25) is 5.02 Å². The molecule has 1 atom stereocenters. The molecule has 0 saturated heterocycles. The van der Waals surface area contributed by atoms with E-state index < -0.39 is 0 Å². The summed E-state index contributed by atoms with van der Waals surface area (Å²) >= 11 is 12.2. The fourth-order valence-corrected chi connectivity index (χ4v) is 2.12. The maximum absolute atomic E-state index is 6.30. The van der Waals surface area contributed by atoms with Gasteiger partial charge >= 0.3 is 0 Å². The lowest BCUT2D eigenvalue weighted by Gasteiger charge is -2.07. The molecule has 1 aromatic heterocycles. The smallest absolute Gasteiger partial charge is 0.101 e. The van der Waals surface area contributed by atoms with Gasteiger partial charge in [-0.15, -0.1) is 11.6 Å². The van der Waals surface area contributed by atoms with Crippen molar-refractivity contribution in [2.24, 2.45) is 0 Å². The van der Waals surface area contributed by atoms with Gasteiger partial charge in [-0.3, -0.25) is 0 Å². The topological polar surface area (TPSA) is 13.1 Å². The molecule has 0 fully saturated rings. The molecule has 1 unspecified atom stereocenters. The zero-order valence-corrected chi connectivity index (χ0v) is 10.4. The predicted molar refractivity (Wildman–Crippen MR) is 67.2 cm³/mol. The zero-order chi connectivity index (χ0) is 11.5. The SMILES string of the molecule is Cc1cc(C(Cl)Cc2cccc(Cl)c2)co1. The van der Waals surface area contributed by atoms with E-state index in [1.807, 2.05) is 37.3 Å². The lowest BCUT2D eigenvalue weighted by atomic mass is 10.1. The minimum Gasteiger partial charge on any atom is -0.469 e. The summed E-state index contributed by atoms with van der Waals surface area (Å²) in [7, 11) is 0. The number of benzene rings is 1. The molecule has 0 radical (unpaired) electrons. The number of rotatable bonds is 3. The van der Waals surface area contributed by atoms with Crippen LogP contribution in [0.25, 0.3) is 0 Å². The molecular weight excluding hydrogens is 243 g/mol. The highest BCUT2D eigenvalue weighted by Crippen LogP contribution is 2.27. The molecule has 84 valence electrons. The summed E-state index contributed by atoms with van der Waals surface area (Å²) < 4.78 is 5.24. The average Bonchev–Trinajstić information content (AvgIpc) is 2.65. The lowest BCUT2D eigenvalue weighted by Crippen LogP contribution is -1.94. The van der Waals surface area contributed by atoms with Crippen LogP contribution in [-0.2, 0) is 6.42 Å². The Morgan fingerprint density at radius 2 is 2.12 bits per heavy atom. The van der Waals surface area contributed by atoms with Gasteiger partial charge in [-0.05, 0) is 37.1 Å². The normalized spacial score (nSPS) is 12.7. The summed E-state index contributed by atoms with van der Waals surface area (Å²) in [5.41, 5.74) is 2.14. The Balaban J connectivity index is 2.10. The highest BCUT2D eigenvalue weighted by atomic mass is 35.5. The molecule has 2 aromatic rings.